The smallest absolute Gasteiger partial charge is 0.355 e. The number of ether oxygens (including phenoxy) is 1. The highest BCUT2D eigenvalue weighted by Crippen LogP contribution is 2.36. The number of rotatable bonds is 4. The molecular weight excluding hydrogens is 354 g/mol. The zero-order chi connectivity index (χ0) is 18.1. The minimum atomic E-state index is -0.653. The summed E-state index contributed by atoms with van der Waals surface area (Å²) in [6, 6.07) is 12.1. The van der Waals surface area contributed by atoms with E-state index in [1.807, 2.05) is 35.7 Å². The summed E-state index contributed by atoms with van der Waals surface area (Å²) in [7, 11) is 1.26. The molecule has 0 radical (unpaired) electrons. The van der Waals surface area contributed by atoms with Gasteiger partial charge in [-0.15, -0.1) is 11.3 Å². The fraction of sp³-hybridized carbons (Fsp3) is 0.118. The number of benzene rings is 1. The van der Waals surface area contributed by atoms with E-state index in [2.05, 4.69) is 20.8 Å². The van der Waals surface area contributed by atoms with Crippen molar-refractivity contribution in [1.82, 2.24) is 20.2 Å². The molecule has 0 saturated carbocycles. The van der Waals surface area contributed by atoms with E-state index in [1.54, 1.807) is 12.1 Å². The van der Waals surface area contributed by atoms with E-state index in [4.69, 9.17) is 4.74 Å². The number of allylic oxidation sites excluding steroid dienone is 1. The van der Waals surface area contributed by atoms with E-state index in [0.717, 1.165) is 5.56 Å². The molecule has 3 heterocycles. The molecule has 0 amide bonds. The van der Waals surface area contributed by atoms with Crippen molar-refractivity contribution in [2.24, 2.45) is 0 Å². The van der Waals surface area contributed by atoms with Crippen molar-refractivity contribution in [3.05, 3.63) is 69.6 Å². The maximum Gasteiger partial charge on any atom is 0.355 e. The Kier molecular flexibility index (Phi) is 4.05. The molecule has 3 aromatic rings. The average molecular weight is 367 g/mol. The minimum absolute atomic E-state index is 0.0436. The zero-order valence-corrected chi connectivity index (χ0v) is 14.4. The Morgan fingerprint density at radius 3 is 2.69 bits per heavy atom. The number of methoxy groups -OCH3 is 1. The fourth-order valence-corrected chi connectivity index (χ4v) is 3.55. The van der Waals surface area contributed by atoms with Crippen LogP contribution in [-0.2, 0) is 9.53 Å². The monoisotopic (exact) mass is 367 g/mol. The number of hydrogen-bond donors (Lipinski definition) is 1. The molecule has 4 rings (SSSR count). The van der Waals surface area contributed by atoms with Crippen LogP contribution in [0.2, 0.25) is 0 Å². The van der Waals surface area contributed by atoms with Crippen LogP contribution >= 0.6 is 11.3 Å². The number of aromatic nitrogens is 4. The van der Waals surface area contributed by atoms with Crippen molar-refractivity contribution in [2.75, 3.05) is 12.4 Å². The first-order valence-corrected chi connectivity index (χ1v) is 8.59. The summed E-state index contributed by atoms with van der Waals surface area (Å²) in [4.78, 5) is 26.1. The third-order valence-electron chi connectivity index (χ3n) is 4.01. The SMILES string of the molecule is COC(=O)C1=C(C(=O)c2cccs2)[C@H](c2ccccc2)n2nnnc2N1. The number of tetrazole rings is 1. The second kappa shape index (κ2) is 6.52. The second-order valence-corrected chi connectivity index (χ2v) is 6.42. The summed E-state index contributed by atoms with van der Waals surface area (Å²) >= 11 is 1.30. The lowest BCUT2D eigenvalue weighted by Crippen LogP contribution is -2.32. The van der Waals surface area contributed by atoms with Crippen LogP contribution in [0.5, 0.6) is 0 Å². The highest BCUT2D eigenvalue weighted by atomic mass is 32.1. The van der Waals surface area contributed by atoms with E-state index in [-0.39, 0.29) is 23.0 Å². The molecule has 0 aliphatic carbocycles. The normalized spacial score (nSPS) is 16.0. The Morgan fingerprint density at radius 2 is 2.00 bits per heavy atom. The van der Waals surface area contributed by atoms with Crippen molar-refractivity contribution in [1.29, 1.82) is 0 Å². The number of anilines is 1. The molecule has 26 heavy (non-hydrogen) atoms. The molecule has 0 saturated heterocycles. The Balaban J connectivity index is 1.96. The topological polar surface area (TPSA) is 99.0 Å². The summed E-state index contributed by atoms with van der Waals surface area (Å²) in [5.41, 5.74) is 1.07. The minimum Gasteiger partial charge on any atom is -0.464 e. The summed E-state index contributed by atoms with van der Waals surface area (Å²) in [6.07, 6.45) is 0. The number of nitrogens with zero attached hydrogens (tertiary/aromatic N) is 4. The maximum atomic E-state index is 13.2. The Labute approximate surface area is 152 Å². The van der Waals surface area contributed by atoms with Gasteiger partial charge in [-0.25, -0.2) is 4.79 Å². The lowest BCUT2D eigenvalue weighted by atomic mass is 9.91. The van der Waals surface area contributed by atoms with Crippen LogP contribution in [0, 0.1) is 0 Å². The van der Waals surface area contributed by atoms with Crippen LogP contribution in [0.3, 0.4) is 0 Å². The van der Waals surface area contributed by atoms with Gasteiger partial charge in [-0.05, 0) is 27.4 Å². The molecule has 0 spiro atoms. The molecule has 1 atom stereocenters. The fourth-order valence-electron chi connectivity index (χ4n) is 2.87. The first-order chi connectivity index (χ1) is 12.7. The molecule has 1 aliphatic rings. The zero-order valence-electron chi connectivity index (χ0n) is 13.6. The molecule has 1 N–H and O–H groups in total. The lowest BCUT2D eigenvalue weighted by Gasteiger charge is -2.27. The van der Waals surface area contributed by atoms with Crippen LogP contribution in [0.25, 0.3) is 0 Å². The van der Waals surface area contributed by atoms with E-state index in [0.29, 0.717) is 4.88 Å². The Bertz CT molecular complexity index is 995. The van der Waals surface area contributed by atoms with Crippen molar-refractivity contribution in [2.45, 2.75) is 6.04 Å². The van der Waals surface area contributed by atoms with E-state index in [9.17, 15) is 9.59 Å². The van der Waals surface area contributed by atoms with E-state index < -0.39 is 12.0 Å². The number of nitrogens with one attached hydrogen (secondary N) is 1. The largest absolute Gasteiger partial charge is 0.464 e. The Hall–Kier alpha value is -3.33. The molecule has 130 valence electrons. The van der Waals surface area contributed by atoms with Gasteiger partial charge in [-0.2, -0.15) is 4.68 Å². The van der Waals surface area contributed by atoms with E-state index in [1.165, 1.54) is 23.1 Å². The quantitative estimate of drug-likeness (QED) is 0.556. The van der Waals surface area contributed by atoms with Gasteiger partial charge in [0.25, 0.3) is 0 Å². The molecule has 9 heteroatoms. The van der Waals surface area contributed by atoms with Gasteiger partial charge < -0.3 is 10.1 Å². The second-order valence-electron chi connectivity index (χ2n) is 5.47. The molecular formula is C17H13N5O3S. The van der Waals surface area contributed by atoms with Gasteiger partial charge in [0.1, 0.15) is 11.7 Å². The first kappa shape index (κ1) is 16.2. The molecule has 2 aromatic heterocycles. The first-order valence-electron chi connectivity index (χ1n) is 7.71. The van der Waals surface area contributed by atoms with E-state index >= 15 is 0 Å². The van der Waals surface area contributed by atoms with Crippen LogP contribution in [0.15, 0.2) is 59.1 Å². The van der Waals surface area contributed by atoms with Gasteiger partial charge in [0.15, 0.2) is 0 Å². The van der Waals surface area contributed by atoms with Gasteiger partial charge in [-0.1, -0.05) is 41.5 Å². The van der Waals surface area contributed by atoms with Gasteiger partial charge in [-0.3, -0.25) is 4.79 Å². The highest BCUT2D eigenvalue weighted by Gasteiger charge is 2.38. The number of carbonyl (C=O) groups is 2. The van der Waals surface area contributed by atoms with Crippen LogP contribution in [-0.4, -0.2) is 39.1 Å². The van der Waals surface area contributed by atoms with Crippen molar-refractivity contribution < 1.29 is 14.3 Å². The maximum absolute atomic E-state index is 13.2. The number of fused-ring (bicyclic) bond motifs is 1. The number of thiophene rings is 1. The van der Waals surface area contributed by atoms with Gasteiger partial charge in [0, 0.05) is 0 Å². The molecule has 0 unspecified atom stereocenters. The van der Waals surface area contributed by atoms with Gasteiger partial charge >= 0.3 is 5.97 Å². The third-order valence-corrected chi connectivity index (χ3v) is 4.88. The van der Waals surface area contributed by atoms with Crippen LogP contribution in [0.4, 0.5) is 5.95 Å². The predicted molar refractivity (Wildman–Crippen MR) is 93.7 cm³/mol. The predicted octanol–water partition coefficient (Wildman–Crippen LogP) is 2.06. The van der Waals surface area contributed by atoms with Crippen LogP contribution in [0.1, 0.15) is 21.3 Å². The summed E-state index contributed by atoms with van der Waals surface area (Å²) in [6.45, 7) is 0. The summed E-state index contributed by atoms with van der Waals surface area (Å²) in [5.74, 6) is -0.662. The molecule has 8 nitrogen and oxygen atoms in total. The summed E-state index contributed by atoms with van der Waals surface area (Å²) < 4.78 is 6.37. The third kappa shape index (κ3) is 2.58. The highest BCUT2D eigenvalue weighted by molar-refractivity contribution is 7.12. The van der Waals surface area contributed by atoms with Gasteiger partial charge in [0.2, 0.25) is 11.7 Å². The Morgan fingerprint density at radius 1 is 1.19 bits per heavy atom. The molecule has 0 bridgehead atoms. The molecule has 1 aliphatic heterocycles. The molecule has 1 aromatic carbocycles. The molecule has 0 fully saturated rings. The standard InChI is InChI=1S/C17H13N5O3S/c1-25-16(24)13-12(15(23)11-8-5-9-26-11)14(10-6-3-2-4-7-10)22-17(18-13)19-20-21-22/h2-9,14H,1H3,(H,18,19,21)/t14-/m0/s1. The number of Topliss-reactive ketones (excluding diaryl/α,β-unsaturated/α-hetero) is 1. The van der Waals surface area contributed by atoms with Gasteiger partial charge in [0.05, 0.1) is 17.6 Å². The number of hydrogen-bond acceptors (Lipinski definition) is 8. The van der Waals surface area contributed by atoms with Crippen molar-refractivity contribution >= 4 is 29.0 Å². The van der Waals surface area contributed by atoms with Crippen molar-refractivity contribution in [3.8, 4) is 0 Å². The van der Waals surface area contributed by atoms with Crippen molar-refractivity contribution in [3.63, 3.8) is 0 Å². The average Bonchev–Trinajstić information content (AvgIpc) is 3.37. The number of ketones is 1. The lowest BCUT2D eigenvalue weighted by molar-refractivity contribution is -0.136. The van der Waals surface area contributed by atoms with Crippen LogP contribution < -0.4 is 5.32 Å². The number of esters is 1. The summed E-state index contributed by atoms with van der Waals surface area (Å²) in [5, 5.41) is 16.2. The number of carbonyl (C=O) groups excluding carboxylic acids is 2.